The van der Waals surface area contributed by atoms with Gasteiger partial charge in [-0.3, -0.25) is 19.5 Å². The van der Waals surface area contributed by atoms with Gasteiger partial charge < -0.3 is 9.64 Å². The summed E-state index contributed by atoms with van der Waals surface area (Å²) in [6.07, 6.45) is 1.80. The van der Waals surface area contributed by atoms with E-state index >= 15 is 0 Å². The second-order valence-electron chi connectivity index (χ2n) is 8.08. The summed E-state index contributed by atoms with van der Waals surface area (Å²) in [5.74, 6) is -0.457. The standard InChI is InChI=1S/C27H23Cl3N4O3/c1-37-14-13-33(26(36)19-7-11-21(29)12-8-19)17-25(35)32-27-31-24(18-5-9-20(28)10-6-18)16-34(27)23-4-2-3-22(30)15-23/h2-12,15-16H,13-14,17H2,1H3,(H,31,32,35). The van der Waals surface area contributed by atoms with Crippen LogP contribution in [0.1, 0.15) is 10.4 Å². The number of hydrogen-bond donors (Lipinski definition) is 1. The maximum atomic E-state index is 13.2. The number of ether oxygens (including phenoxy) is 1. The molecule has 0 aliphatic carbocycles. The highest BCUT2D eigenvalue weighted by Crippen LogP contribution is 2.26. The molecule has 190 valence electrons. The first-order chi connectivity index (χ1) is 17.8. The van der Waals surface area contributed by atoms with Crippen molar-refractivity contribution in [1.82, 2.24) is 14.5 Å². The smallest absolute Gasteiger partial charge is 0.254 e. The van der Waals surface area contributed by atoms with Gasteiger partial charge in [-0.05, 0) is 54.6 Å². The molecule has 10 heteroatoms. The van der Waals surface area contributed by atoms with E-state index in [2.05, 4.69) is 10.3 Å². The summed E-state index contributed by atoms with van der Waals surface area (Å²) < 4.78 is 6.87. The molecule has 1 N–H and O–H groups in total. The van der Waals surface area contributed by atoms with E-state index in [1.165, 1.54) is 12.0 Å². The third-order valence-electron chi connectivity index (χ3n) is 5.46. The summed E-state index contributed by atoms with van der Waals surface area (Å²) in [5, 5.41) is 4.50. The third-order valence-corrected chi connectivity index (χ3v) is 6.20. The molecule has 1 heterocycles. The number of carbonyl (C=O) groups is 2. The van der Waals surface area contributed by atoms with Gasteiger partial charge in [0.2, 0.25) is 11.9 Å². The normalized spacial score (nSPS) is 10.8. The van der Waals surface area contributed by atoms with E-state index in [9.17, 15) is 9.59 Å². The van der Waals surface area contributed by atoms with Crippen molar-refractivity contribution < 1.29 is 14.3 Å². The number of imidazole rings is 1. The van der Waals surface area contributed by atoms with Crippen molar-refractivity contribution in [1.29, 1.82) is 0 Å². The van der Waals surface area contributed by atoms with Crippen LogP contribution in [0.15, 0.2) is 79.0 Å². The molecule has 0 fully saturated rings. The largest absolute Gasteiger partial charge is 0.383 e. The topological polar surface area (TPSA) is 76.5 Å². The molecule has 1 aromatic heterocycles. The van der Waals surface area contributed by atoms with Gasteiger partial charge in [-0.25, -0.2) is 4.98 Å². The van der Waals surface area contributed by atoms with Crippen LogP contribution in [0.5, 0.6) is 0 Å². The Kier molecular flexibility index (Phi) is 8.84. The molecule has 0 aliphatic heterocycles. The van der Waals surface area contributed by atoms with E-state index in [0.717, 1.165) is 5.56 Å². The van der Waals surface area contributed by atoms with Crippen molar-refractivity contribution in [2.24, 2.45) is 0 Å². The van der Waals surface area contributed by atoms with Crippen molar-refractivity contribution in [2.75, 3.05) is 32.1 Å². The molecule has 4 rings (SSSR count). The lowest BCUT2D eigenvalue weighted by Gasteiger charge is -2.22. The van der Waals surface area contributed by atoms with E-state index in [0.29, 0.717) is 32.0 Å². The molecule has 0 bridgehead atoms. The van der Waals surface area contributed by atoms with Gasteiger partial charge >= 0.3 is 0 Å². The summed E-state index contributed by atoms with van der Waals surface area (Å²) in [6.45, 7) is 0.290. The number of rotatable bonds is 9. The van der Waals surface area contributed by atoms with Crippen molar-refractivity contribution in [3.05, 3.63) is 99.6 Å². The second kappa shape index (κ2) is 12.3. The number of aromatic nitrogens is 2. The number of anilines is 1. The second-order valence-corrected chi connectivity index (χ2v) is 9.39. The molecule has 3 aromatic carbocycles. The van der Waals surface area contributed by atoms with Crippen molar-refractivity contribution >= 4 is 52.6 Å². The number of carbonyl (C=O) groups excluding carboxylic acids is 2. The van der Waals surface area contributed by atoms with Crippen LogP contribution in [-0.2, 0) is 9.53 Å². The minimum absolute atomic E-state index is 0.205. The highest BCUT2D eigenvalue weighted by Gasteiger charge is 2.21. The van der Waals surface area contributed by atoms with E-state index < -0.39 is 5.91 Å². The SMILES string of the molecule is COCCN(CC(=O)Nc1nc(-c2ccc(Cl)cc2)cn1-c1cccc(Cl)c1)C(=O)c1ccc(Cl)cc1. The molecule has 0 radical (unpaired) electrons. The monoisotopic (exact) mass is 556 g/mol. The summed E-state index contributed by atoms with van der Waals surface area (Å²) in [4.78, 5) is 32.3. The van der Waals surface area contributed by atoms with Gasteiger partial charge in [0.1, 0.15) is 6.54 Å². The van der Waals surface area contributed by atoms with E-state index in [1.54, 1.807) is 59.3 Å². The van der Waals surface area contributed by atoms with E-state index in [4.69, 9.17) is 39.5 Å². The quantitative estimate of drug-likeness (QED) is 0.265. The lowest BCUT2D eigenvalue weighted by molar-refractivity contribution is -0.117. The Balaban J connectivity index is 1.61. The Labute approximate surface area is 229 Å². The number of benzene rings is 3. The molecule has 4 aromatic rings. The highest BCUT2D eigenvalue weighted by atomic mass is 35.5. The predicted molar refractivity (Wildman–Crippen MR) is 147 cm³/mol. The molecule has 0 atom stereocenters. The van der Waals surface area contributed by atoms with Gasteiger partial charge in [-0.1, -0.05) is 53.0 Å². The fraction of sp³-hybridized carbons (Fsp3) is 0.148. The first kappa shape index (κ1) is 26.7. The number of hydrogen-bond acceptors (Lipinski definition) is 4. The fourth-order valence-corrected chi connectivity index (χ4v) is 4.05. The lowest BCUT2D eigenvalue weighted by Crippen LogP contribution is -2.40. The van der Waals surface area contributed by atoms with Crippen LogP contribution < -0.4 is 5.32 Å². The summed E-state index contributed by atoms with van der Waals surface area (Å²) >= 11 is 18.2. The van der Waals surface area contributed by atoms with E-state index in [-0.39, 0.29) is 31.6 Å². The minimum atomic E-state index is -0.421. The molecular weight excluding hydrogens is 535 g/mol. The maximum Gasteiger partial charge on any atom is 0.254 e. The van der Waals surface area contributed by atoms with Crippen LogP contribution in [0.25, 0.3) is 16.9 Å². The van der Waals surface area contributed by atoms with Gasteiger partial charge in [0, 0.05) is 51.7 Å². The van der Waals surface area contributed by atoms with Crippen molar-refractivity contribution in [2.45, 2.75) is 0 Å². The molecule has 2 amide bonds. The van der Waals surface area contributed by atoms with Crippen LogP contribution in [0.4, 0.5) is 5.95 Å². The van der Waals surface area contributed by atoms with Crippen LogP contribution in [0, 0.1) is 0 Å². The number of nitrogens with zero attached hydrogens (tertiary/aromatic N) is 3. The van der Waals surface area contributed by atoms with Crippen LogP contribution in [0.2, 0.25) is 15.1 Å². The van der Waals surface area contributed by atoms with Gasteiger partial charge in [0.05, 0.1) is 12.3 Å². The first-order valence-electron chi connectivity index (χ1n) is 11.3. The minimum Gasteiger partial charge on any atom is -0.383 e. The number of amides is 2. The lowest BCUT2D eigenvalue weighted by atomic mass is 10.2. The molecule has 0 saturated carbocycles. The molecular formula is C27H23Cl3N4O3. The molecule has 37 heavy (non-hydrogen) atoms. The molecule has 0 saturated heterocycles. The van der Waals surface area contributed by atoms with Crippen LogP contribution >= 0.6 is 34.8 Å². The number of nitrogens with one attached hydrogen (secondary N) is 1. The van der Waals surface area contributed by atoms with Crippen LogP contribution in [0.3, 0.4) is 0 Å². The zero-order chi connectivity index (χ0) is 26.4. The number of methoxy groups -OCH3 is 1. The highest BCUT2D eigenvalue weighted by molar-refractivity contribution is 6.31. The first-order valence-corrected chi connectivity index (χ1v) is 12.4. The van der Waals surface area contributed by atoms with Gasteiger partial charge in [-0.2, -0.15) is 0 Å². The molecule has 0 aliphatic rings. The van der Waals surface area contributed by atoms with Crippen molar-refractivity contribution in [3.63, 3.8) is 0 Å². The summed E-state index contributed by atoms with van der Waals surface area (Å²) in [5.41, 5.74) is 2.57. The van der Waals surface area contributed by atoms with Gasteiger partial charge in [0.25, 0.3) is 5.91 Å². The summed E-state index contributed by atoms with van der Waals surface area (Å²) in [6, 6.07) is 20.9. The Morgan fingerprint density at radius 2 is 1.62 bits per heavy atom. The summed E-state index contributed by atoms with van der Waals surface area (Å²) in [7, 11) is 1.53. The Bertz CT molecular complexity index is 1390. The zero-order valence-electron chi connectivity index (χ0n) is 19.8. The van der Waals surface area contributed by atoms with E-state index in [1.807, 2.05) is 24.3 Å². The average molecular weight is 558 g/mol. The van der Waals surface area contributed by atoms with Crippen molar-refractivity contribution in [3.8, 4) is 16.9 Å². The van der Waals surface area contributed by atoms with Gasteiger partial charge in [-0.15, -0.1) is 0 Å². The molecule has 0 unspecified atom stereocenters. The molecule has 7 nitrogen and oxygen atoms in total. The Morgan fingerprint density at radius 3 is 2.27 bits per heavy atom. The zero-order valence-corrected chi connectivity index (χ0v) is 22.1. The van der Waals surface area contributed by atoms with Crippen LogP contribution in [-0.4, -0.2) is 53.1 Å². The average Bonchev–Trinajstić information content (AvgIpc) is 3.30. The predicted octanol–water partition coefficient (Wildman–Crippen LogP) is 6.23. The maximum absolute atomic E-state index is 13.2. The number of halogens is 3. The Morgan fingerprint density at radius 1 is 0.946 bits per heavy atom. The Hall–Kier alpha value is -3.36. The fourth-order valence-electron chi connectivity index (χ4n) is 3.62. The third kappa shape index (κ3) is 6.90. The van der Waals surface area contributed by atoms with Gasteiger partial charge in [0.15, 0.2) is 0 Å². The molecule has 0 spiro atoms.